The highest BCUT2D eigenvalue weighted by molar-refractivity contribution is 5.75. The number of hydrogen-bond donors (Lipinski definition) is 0. The van der Waals surface area contributed by atoms with Gasteiger partial charge in [0, 0.05) is 24.7 Å². The minimum Gasteiger partial charge on any atom is -0.352 e. The molecule has 1 aliphatic carbocycles. The Bertz CT molecular complexity index is 552. The first-order chi connectivity index (χ1) is 12.4. The molecule has 0 amide bonds. The highest BCUT2D eigenvalue weighted by Crippen LogP contribution is 2.60. The van der Waals surface area contributed by atoms with E-state index in [0.717, 1.165) is 25.7 Å². The number of Topliss-reactive ketones (excluding diaryl/α,β-unsaturated/α-hetero) is 1. The second-order valence-corrected chi connectivity index (χ2v) is 8.95. The molecule has 0 aromatic heterocycles. The number of ketones is 1. The number of fused-ring (bicyclic) bond motifs is 2. The summed E-state index contributed by atoms with van der Waals surface area (Å²) in [5.41, 5.74) is -0.535. The topological polar surface area (TPSA) is 63.2 Å². The average Bonchev–Trinajstić information content (AvgIpc) is 2.82. The number of rotatable bonds is 5. The van der Waals surface area contributed by atoms with E-state index in [2.05, 4.69) is 13.8 Å². The molecule has 3 unspecified atom stereocenters. The normalized spacial score (nSPS) is 50.2. The van der Waals surface area contributed by atoms with Crippen molar-refractivity contribution in [2.24, 2.45) is 23.7 Å². The lowest BCUT2D eigenvalue weighted by Gasteiger charge is -2.60. The van der Waals surface area contributed by atoms with Crippen molar-refractivity contribution >= 4 is 5.78 Å². The van der Waals surface area contributed by atoms with Crippen LogP contribution in [-0.2, 0) is 28.8 Å². The molecule has 5 rings (SSSR count). The van der Waals surface area contributed by atoms with E-state index in [-0.39, 0.29) is 23.9 Å². The fraction of sp³-hybridized carbons (Fsp3) is 0.950. The molecule has 26 heavy (non-hydrogen) atoms. The molecule has 0 aromatic carbocycles. The third kappa shape index (κ3) is 2.94. The van der Waals surface area contributed by atoms with Crippen molar-refractivity contribution < 1.29 is 28.8 Å². The van der Waals surface area contributed by atoms with Crippen LogP contribution in [0.1, 0.15) is 66.2 Å². The zero-order valence-electron chi connectivity index (χ0n) is 16.4. The molecule has 6 heteroatoms. The van der Waals surface area contributed by atoms with Crippen LogP contribution in [0.4, 0.5) is 0 Å². The molecule has 4 aliphatic heterocycles. The van der Waals surface area contributed by atoms with Gasteiger partial charge in [-0.05, 0) is 51.4 Å². The maximum absolute atomic E-state index is 11.1. The zero-order chi connectivity index (χ0) is 18.5. The van der Waals surface area contributed by atoms with Crippen molar-refractivity contribution in [3.8, 4) is 0 Å². The summed E-state index contributed by atoms with van der Waals surface area (Å²) in [6.07, 6.45) is 4.57. The van der Waals surface area contributed by atoms with Crippen LogP contribution in [0.15, 0.2) is 0 Å². The van der Waals surface area contributed by atoms with Gasteiger partial charge in [-0.15, -0.1) is 0 Å². The maximum Gasteiger partial charge on any atom is 0.201 e. The van der Waals surface area contributed by atoms with Gasteiger partial charge in [-0.25, -0.2) is 9.78 Å². The molecule has 2 bridgehead atoms. The Morgan fingerprint density at radius 2 is 1.96 bits per heavy atom. The Morgan fingerprint density at radius 3 is 2.73 bits per heavy atom. The Kier molecular flexibility index (Phi) is 4.93. The Morgan fingerprint density at radius 1 is 1.15 bits per heavy atom. The van der Waals surface area contributed by atoms with Crippen molar-refractivity contribution in [1.82, 2.24) is 0 Å². The van der Waals surface area contributed by atoms with Crippen LogP contribution in [0.25, 0.3) is 0 Å². The average molecular weight is 368 g/mol. The van der Waals surface area contributed by atoms with E-state index in [9.17, 15) is 4.79 Å². The molecule has 0 aromatic rings. The molecule has 0 N–H and O–H groups in total. The van der Waals surface area contributed by atoms with Crippen LogP contribution in [0.3, 0.4) is 0 Å². The van der Waals surface area contributed by atoms with Gasteiger partial charge in [0.2, 0.25) is 5.79 Å². The third-order valence-electron chi connectivity index (χ3n) is 7.05. The molecule has 5 aliphatic rings. The van der Waals surface area contributed by atoms with E-state index in [1.165, 1.54) is 6.42 Å². The van der Waals surface area contributed by atoms with Crippen LogP contribution in [0, 0.1) is 23.7 Å². The Hall–Kier alpha value is -0.530. The summed E-state index contributed by atoms with van der Waals surface area (Å²) in [5.74, 6) is 0.840. The maximum atomic E-state index is 11.1. The van der Waals surface area contributed by atoms with Gasteiger partial charge in [-0.2, -0.15) is 0 Å². The van der Waals surface area contributed by atoms with E-state index in [0.29, 0.717) is 24.9 Å². The van der Waals surface area contributed by atoms with Gasteiger partial charge >= 0.3 is 0 Å². The minimum atomic E-state index is -0.753. The highest BCUT2D eigenvalue weighted by Gasteiger charge is 2.69. The second kappa shape index (κ2) is 6.82. The first kappa shape index (κ1) is 18.8. The molecule has 4 saturated heterocycles. The minimum absolute atomic E-state index is 0.188. The predicted octanol–water partition coefficient (Wildman–Crippen LogP) is 3.58. The molecule has 1 spiro atoms. The van der Waals surface area contributed by atoms with Gasteiger partial charge in [-0.1, -0.05) is 13.8 Å². The zero-order valence-corrected chi connectivity index (χ0v) is 16.4. The van der Waals surface area contributed by atoms with Crippen LogP contribution in [0.2, 0.25) is 0 Å². The molecule has 8 atom stereocenters. The van der Waals surface area contributed by atoms with Gasteiger partial charge in [-0.3, -0.25) is 0 Å². The third-order valence-corrected chi connectivity index (χ3v) is 7.05. The molecule has 0 radical (unpaired) electrons. The molecular formula is C20H32O6. The summed E-state index contributed by atoms with van der Waals surface area (Å²) in [5, 5.41) is 0. The summed E-state index contributed by atoms with van der Waals surface area (Å²) in [7, 11) is 0. The van der Waals surface area contributed by atoms with Crippen molar-refractivity contribution in [2.45, 2.75) is 90.2 Å². The number of carbonyl (C=O) groups excluding carboxylic acids is 1. The smallest absolute Gasteiger partial charge is 0.201 e. The summed E-state index contributed by atoms with van der Waals surface area (Å²) < 4.78 is 18.7. The van der Waals surface area contributed by atoms with Crippen LogP contribution in [-0.4, -0.2) is 36.4 Å². The van der Waals surface area contributed by atoms with Gasteiger partial charge in [0.05, 0.1) is 6.61 Å². The van der Waals surface area contributed by atoms with Crippen LogP contribution < -0.4 is 0 Å². The number of hydrogen-bond acceptors (Lipinski definition) is 6. The summed E-state index contributed by atoms with van der Waals surface area (Å²) in [4.78, 5) is 23.1. The first-order valence-electron chi connectivity index (χ1n) is 10.2. The first-order valence-corrected chi connectivity index (χ1v) is 10.2. The van der Waals surface area contributed by atoms with Crippen molar-refractivity contribution in [3.63, 3.8) is 0 Å². The molecule has 6 nitrogen and oxygen atoms in total. The van der Waals surface area contributed by atoms with Gasteiger partial charge in [0.1, 0.15) is 5.78 Å². The number of carbonyl (C=O) groups is 1. The monoisotopic (exact) mass is 368 g/mol. The standard InChI is InChI=1S/C20H32O6/c1-12-7-8-16-14(3)17(22-11-5-6-13(2)21)23-18-20(16)15(12)9-10-19(4,24-18)25-26-20/h12,14-18H,5-11H2,1-4H3/t12-,14-,15+,16?,17+,18-,19?,20?/m1/s1. The Labute approximate surface area is 155 Å². The SMILES string of the molecule is CC(=O)CCCO[C@H]1O[C@@H]2OC3(C)CC[C@H]4[C@H](C)CCC([C@H]1C)C24OO3. The van der Waals surface area contributed by atoms with E-state index in [1.807, 2.05) is 6.92 Å². The van der Waals surface area contributed by atoms with Gasteiger partial charge in [0.15, 0.2) is 18.2 Å². The second-order valence-electron chi connectivity index (χ2n) is 8.95. The van der Waals surface area contributed by atoms with Crippen molar-refractivity contribution in [2.75, 3.05) is 6.61 Å². The van der Waals surface area contributed by atoms with E-state index >= 15 is 0 Å². The molecule has 1 saturated carbocycles. The van der Waals surface area contributed by atoms with Gasteiger partial charge < -0.3 is 19.0 Å². The predicted molar refractivity (Wildman–Crippen MR) is 92.7 cm³/mol. The van der Waals surface area contributed by atoms with E-state index in [1.54, 1.807) is 6.92 Å². The van der Waals surface area contributed by atoms with Gasteiger partial charge in [0.25, 0.3) is 0 Å². The van der Waals surface area contributed by atoms with Crippen LogP contribution in [0.5, 0.6) is 0 Å². The lowest BCUT2D eigenvalue weighted by molar-refractivity contribution is -0.577. The Balaban J connectivity index is 1.55. The highest BCUT2D eigenvalue weighted by atomic mass is 17.3. The number of ether oxygens (including phenoxy) is 3. The van der Waals surface area contributed by atoms with Crippen molar-refractivity contribution in [1.29, 1.82) is 0 Å². The quantitative estimate of drug-likeness (QED) is 0.546. The molecule has 5 fully saturated rings. The van der Waals surface area contributed by atoms with E-state index < -0.39 is 17.7 Å². The summed E-state index contributed by atoms with van der Waals surface area (Å²) in [6, 6.07) is 0. The fourth-order valence-corrected chi connectivity index (χ4v) is 5.58. The van der Waals surface area contributed by atoms with Crippen LogP contribution >= 0.6 is 0 Å². The largest absolute Gasteiger partial charge is 0.352 e. The molecular weight excluding hydrogens is 336 g/mol. The van der Waals surface area contributed by atoms with E-state index in [4.69, 9.17) is 24.0 Å². The molecule has 4 heterocycles. The fourth-order valence-electron chi connectivity index (χ4n) is 5.58. The summed E-state index contributed by atoms with van der Waals surface area (Å²) in [6.45, 7) is 8.56. The lowest BCUT2D eigenvalue weighted by Crippen LogP contribution is -2.70. The molecule has 148 valence electrons. The van der Waals surface area contributed by atoms with Crippen molar-refractivity contribution in [3.05, 3.63) is 0 Å². The summed E-state index contributed by atoms with van der Waals surface area (Å²) >= 11 is 0. The lowest BCUT2D eigenvalue weighted by atomic mass is 9.58.